The molecule has 2 unspecified atom stereocenters. The van der Waals surface area contributed by atoms with Crippen molar-refractivity contribution in [2.45, 2.75) is 39.8 Å². The summed E-state index contributed by atoms with van der Waals surface area (Å²) in [5.41, 5.74) is 2.74. The topological polar surface area (TPSA) is 6.48 Å². The van der Waals surface area contributed by atoms with E-state index in [1.807, 2.05) is 0 Å². The summed E-state index contributed by atoms with van der Waals surface area (Å²) in [6.07, 6.45) is 0. The Morgan fingerprint density at radius 1 is 0.577 bits per heavy atom. The van der Waals surface area contributed by atoms with Gasteiger partial charge >= 0.3 is 0 Å². The van der Waals surface area contributed by atoms with Crippen LogP contribution in [0.4, 0.5) is 0 Å². The molecule has 0 aliphatic carbocycles. The molecule has 0 radical (unpaired) electrons. The van der Waals surface area contributed by atoms with E-state index in [-0.39, 0.29) is 0 Å². The van der Waals surface area contributed by atoms with Gasteiger partial charge in [-0.15, -0.1) is 0 Å². The van der Waals surface area contributed by atoms with Crippen LogP contribution in [0.15, 0.2) is 57.5 Å². The van der Waals surface area contributed by atoms with Gasteiger partial charge in [-0.3, -0.25) is 9.80 Å². The van der Waals surface area contributed by atoms with Gasteiger partial charge < -0.3 is 0 Å². The van der Waals surface area contributed by atoms with E-state index in [0.29, 0.717) is 12.1 Å². The molecule has 0 aliphatic rings. The predicted octanol–water partition coefficient (Wildman–Crippen LogP) is 6.68. The molecule has 142 valence electrons. The Kier molecular flexibility index (Phi) is 8.82. The fourth-order valence-electron chi connectivity index (χ4n) is 3.74. The summed E-state index contributed by atoms with van der Waals surface area (Å²) in [4.78, 5) is 5.16. The Balaban J connectivity index is 2.59. The zero-order chi connectivity index (χ0) is 19.1. The van der Waals surface area contributed by atoms with E-state index >= 15 is 0 Å². The highest BCUT2D eigenvalue weighted by molar-refractivity contribution is 9.10. The molecule has 0 amide bonds. The van der Waals surface area contributed by atoms with Crippen LogP contribution in [0, 0.1) is 0 Å². The second kappa shape index (κ2) is 10.6. The van der Waals surface area contributed by atoms with E-state index in [9.17, 15) is 0 Å². The Labute approximate surface area is 175 Å². The minimum absolute atomic E-state index is 0.319. The molecule has 0 fully saturated rings. The maximum absolute atomic E-state index is 3.58. The van der Waals surface area contributed by atoms with E-state index in [0.717, 1.165) is 35.1 Å². The molecule has 0 aromatic heterocycles. The van der Waals surface area contributed by atoms with Gasteiger partial charge in [0.25, 0.3) is 0 Å². The number of halogens is 2. The van der Waals surface area contributed by atoms with Crippen molar-refractivity contribution in [1.82, 2.24) is 9.80 Å². The molecule has 2 nitrogen and oxygen atoms in total. The van der Waals surface area contributed by atoms with Crippen molar-refractivity contribution in [3.8, 4) is 0 Å². The number of hydrogen-bond donors (Lipinski definition) is 0. The van der Waals surface area contributed by atoms with Crippen LogP contribution in [0.25, 0.3) is 0 Å². The van der Waals surface area contributed by atoms with Gasteiger partial charge in [-0.05, 0) is 61.6 Å². The summed E-state index contributed by atoms with van der Waals surface area (Å²) < 4.78 is 2.25. The lowest BCUT2D eigenvalue weighted by molar-refractivity contribution is 0.0889. The standard InChI is InChI=1S/C22H30Br2N2/c1-5-25(6-2)21(17-9-13-19(23)14-10-17)22(26(7-3)8-4)18-11-15-20(24)16-12-18/h9-16,21-22H,5-8H2,1-4H3. The van der Waals surface area contributed by atoms with Crippen molar-refractivity contribution >= 4 is 31.9 Å². The molecular weight excluding hydrogens is 452 g/mol. The van der Waals surface area contributed by atoms with Crippen molar-refractivity contribution in [2.24, 2.45) is 0 Å². The molecule has 0 spiro atoms. The average molecular weight is 482 g/mol. The summed E-state index contributed by atoms with van der Waals surface area (Å²) in [5.74, 6) is 0. The summed E-state index contributed by atoms with van der Waals surface area (Å²) in [5, 5.41) is 0. The van der Waals surface area contributed by atoms with Crippen molar-refractivity contribution < 1.29 is 0 Å². The van der Waals surface area contributed by atoms with E-state index < -0.39 is 0 Å². The number of likely N-dealkylation sites (N-methyl/N-ethyl adjacent to an activating group) is 2. The van der Waals surface area contributed by atoms with E-state index in [4.69, 9.17) is 0 Å². The number of benzene rings is 2. The minimum Gasteiger partial charge on any atom is -0.295 e. The van der Waals surface area contributed by atoms with Gasteiger partial charge in [0, 0.05) is 8.95 Å². The molecule has 0 N–H and O–H groups in total. The second-order valence-corrected chi connectivity index (χ2v) is 8.27. The third kappa shape index (κ3) is 5.19. The van der Waals surface area contributed by atoms with Gasteiger partial charge in [0.15, 0.2) is 0 Å². The zero-order valence-electron chi connectivity index (χ0n) is 16.3. The van der Waals surface area contributed by atoms with Gasteiger partial charge in [0.2, 0.25) is 0 Å². The quantitative estimate of drug-likeness (QED) is 0.394. The van der Waals surface area contributed by atoms with Crippen LogP contribution in [0.1, 0.15) is 50.9 Å². The van der Waals surface area contributed by atoms with Gasteiger partial charge in [-0.25, -0.2) is 0 Å². The van der Waals surface area contributed by atoms with E-state index in [1.165, 1.54) is 11.1 Å². The van der Waals surface area contributed by atoms with Gasteiger partial charge in [0.1, 0.15) is 0 Å². The highest BCUT2D eigenvalue weighted by Crippen LogP contribution is 2.39. The Hall–Kier alpha value is -0.680. The predicted molar refractivity (Wildman–Crippen MR) is 120 cm³/mol. The molecule has 0 saturated carbocycles. The SMILES string of the molecule is CCN(CC)C(c1ccc(Br)cc1)C(c1ccc(Br)cc1)N(CC)CC. The summed E-state index contributed by atoms with van der Waals surface area (Å²) >= 11 is 7.17. The third-order valence-corrected chi connectivity index (χ3v) is 6.19. The molecule has 0 aliphatic heterocycles. The molecule has 2 rings (SSSR count). The van der Waals surface area contributed by atoms with E-state index in [2.05, 4.69) is 118 Å². The highest BCUT2D eigenvalue weighted by Gasteiger charge is 2.32. The molecule has 2 aromatic carbocycles. The van der Waals surface area contributed by atoms with Gasteiger partial charge in [0.05, 0.1) is 12.1 Å². The van der Waals surface area contributed by atoms with Crippen LogP contribution in [0.3, 0.4) is 0 Å². The van der Waals surface area contributed by atoms with Crippen LogP contribution in [-0.4, -0.2) is 36.0 Å². The normalized spacial score (nSPS) is 14.0. The Morgan fingerprint density at radius 3 is 1.08 bits per heavy atom. The molecule has 2 aromatic rings. The first-order valence-electron chi connectivity index (χ1n) is 9.54. The summed E-state index contributed by atoms with van der Waals surface area (Å²) in [6.45, 7) is 13.2. The highest BCUT2D eigenvalue weighted by atomic mass is 79.9. The average Bonchev–Trinajstić information content (AvgIpc) is 2.66. The fraction of sp³-hybridized carbons (Fsp3) is 0.455. The van der Waals surface area contributed by atoms with Crippen molar-refractivity contribution in [3.63, 3.8) is 0 Å². The van der Waals surface area contributed by atoms with Crippen molar-refractivity contribution in [3.05, 3.63) is 68.6 Å². The van der Waals surface area contributed by atoms with E-state index in [1.54, 1.807) is 0 Å². The maximum atomic E-state index is 3.58. The molecule has 0 saturated heterocycles. The van der Waals surface area contributed by atoms with Crippen molar-refractivity contribution in [1.29, 1.82) is 0 Å². The molecular formula is C22H30Br2N2. The fourth-order valence-corrected chi connectivity index (χ4v) is 4.27. The first-order chi connectivity index (χ1) is 12.5. The minimum atomic E-state index is 0.319. The van der Waals surface area contributed by atoms with Crippen LogP contribution >= 0.6 is 31.9 Å². The largest absolute Gasteiger partial charge is 0.295 e. The summed E-state index contributed by atoms with van der Waals surface area (Å²) in [6, 6.07) is 18.3. The van der Waals surface area contributed by atoms with Crippen LogP contribution < -0.4 is 0 Å². The van der Waals surface area contributed by atoms with Crippen LogP contribution in [0.5, 0.6) is 0 Å². The Morgan fingerprint density at radius 2 is 0.846 bits per heavy atom. The monoisotopic (exact) mass is 480 g/mol. The van der Waals surface area contributed by atoms with Crippen LogP contribution in [-0.2, 0) is 0 Å². The lowest BCUT2D eigenvalue weighted by Gasteiger charge is -2.42. The summed E-state index contributed by atoms with van der Waals surface area (Å²) in [7, 11) is 0. The number of nitrogens with zero attached hydrogens (tertiary/aromatic N) is 2. The lowest BCUT2D eigenvalue weighted by atomic mass is 9.90. The first kappa shape index (κ1) is 21.6. The molecule has 4 heteroatoms. The molecule has 0 heterocycles. The zero-order valence-corrected chi connectivity index (χ0v) is 19.4. The second-order valence-electron chi connectivity index (χ2n) is 6.44. The molecule has 26 heavy (non-hydrogen) atoms. The van der Waals surface area contributed by atoms with Gasteiger partial charge in [-0.2, -0.15) is 0 Å². The molecule has 2 atom stereocenters. The maximum Gasteiger partial charge on any atom is 0.0545 e. The first-order valence-corrected chi connectivity index (χ1v) is 11.1. The van der Waals surface area contributed by atoms with Crippen molar-refractivity contribution in [2.75, 3.05) is 26.2 Å². The lowest BCUT2D eigenvalue weighted by Crippen LogP contribution is -2.41. The molecule has 0 bridgehead atoms. The Bertz CT molecular complexity index is 587. The number of rotatable bonds is 9. The number of hydrogen-bond acceptors (Lipinski definition) is 2. The van der Waals surface area contributed by atoms with Crippen LogP contribution in [0.2, 0.25) is 0 Å². The third-order valence-electron chi connectivity index (χ3n) is 5.13. The smallest absolute Gasteiger partial charge is 0.0545 e. The van der Waals surface area contributed by atoms with Gasteiger partial charge in [-0.1, -0.05) is 83.8 Å².